The van der Waals surface area contributed by atoms with Gasteiger partial charge in [0.2, 0.25) is 0 Å². The van der Waals surface area contributed by atoms with Crippen molar-refractivity contribution in [2.75, 3.05) is 6.54 Å². The lowest BCUT2D eigenvalue weighted by molar-refractivity contribution is 0.162. The number of rotatable bonds is 2. The molecule has 1 aliphatic heterocycles. The van der Waals surface area contributed by atoms with Gasteiger partial charge in [-0.3, -0.25) is 10.7 Å². The fourth-order valence-electron chi connectivity index (χ4n) is 2.98. The molecule has 1 saturated carbocycles. The van der Waals surface area contributed by atoms with Crippen molar-refractivity contribution >= 4 is 11.9 Å². The third-order valence-corrected chi connectivity index (χ3v) is 3.74. The molecular formula is C12H21N3O. The molecule has 0 aromatic carbocycles. The van der Waals surface area contributed by atoms with Gasteiger partial charge in [-0.25, -0.2) is 4.79 Å². The number of nitrogens with zero attached hydrogens (tertiary/aromatic N) is 1. The molecule has 0 bridgehead atoms. The van der Waals surface area contributed by atoms with Crippen molar-refractivity contribution in [3.05, 3.63) is 0 Å². The van der Waals surface area contributed by atoms with Crippen molar-refractivity contribution in [3.8, 4) is 0 Å². The largest absolute Gasteiger partial charge is 0.323 e. The summed E-state index contributed by atoms with van der Waals surface area (Å²) in [5, 5.41) is 10.7. The summed E-state index contributed by atoms with van der Waals surface area (Å²) in [6.07, 6.45) is 3.00. The Bertz CT molecular complexity index is 326. The van der Waals surface area contributed by atoms with Crippen molar-refractivity contribution in [1.29, 1.82) is 5.41 Å². The molecule has 2 N–H and O–H groups in total. The number of carbonyl (C=O) groups excluding carboxylic acids is 1. The van der Waals surface area contributed by atoms with Gasteiger partial charge < -0.3 is 4.90 Å². The number of urea groups is 1. The fourth-order valence-corrected chi connectivity index (χ4v) is 2.98. The highest BCUT2D eigenvalue weighted by Gasteiger charge is 2.53. The molecular weight excluding hydrogens is 202 g/mol. The minimum absolute atomic E-state index is 0.0761. The summed E-state index contributed by atoms with van der Waals surface area (Å²) in [6.45, 7) is 7.18. The van der Waals surface area contributed by atoms with E-state index in [1.807, 2.05) is 4.90 Å². The van der Waals surface area contributed by atoms with Crippen molar-refractivity contribution in [2.45, 2.75) is 45.6 Å². The summed E-state index contributed by atoms with van der Waals surface area (Å²) < 4.78 is 0. The lowest BCUT2D eigenvalue weighted by atomic mass is 9.93. The molecule has 2 aliphatic rings. The Morgan fingerprint density at radius 2 is 2.31 bits per heavy atom. The molecule has 0 radical (unpaired) electrons. The van der Waals surface area contributed by atoms with Gasteiger partial charge in [-0.2, -0.15) is 0 Å². The van der Waals surface area contributed by atoms with Crippen molar-refractivity contribution in [1.82, 2.24) is 10.2 Å². The quantitative estimate of drug-likeness (QED) is 0.741. The molecule has 1 heterocycles. The van der Waals surface area contributed by atoms with Crippen molar-refractivity contribution in [2.24, 2.45) is 11.8 Å². The maximum atomic E-state index is 11.9. The average Bonchev–Trinajstić information content (AvgIpc) is 2.65. The van der Waals surface area contributed by atoms with E-state index >= 15 is 0 Å². The Morgan fingerprint density at radius 1 is 1.62 bits per heavy atom. The SMILES string of the molecule is CC(C)CN1C(=O)NC(=N)C12CCC(C)C2. The average molecular weight is 223 g/mol. The van der Waals surface area contributed by atoms with Gasteiger partial charge in [0.05, 0.1) is 0 Å². The number of carbonyl (C=O) groups is 1. The molecule has 0 aromatic rings. The molecule has 2 rings (SSSR count). The third kappa shape index (κ3) is 1.60. The van der Waals surface area contributed by atoms with E-state index in [4.69, 9.17) is 5.41 Å². The van der Waals surface area contributed by atoms with Gasteiger partial charge in [-0.1, -0.05) is 20.8 Å². The smallest absolute Gasteiger partial charge is 0.311 e. The van der Waals surface area contributed by atoms with E-state index in [1.54, 1.807) is 0 Å². The zero-order valence-corrected chi connectivity index (χ0v) is 10.3. The number of hydrogen-bond acceptors (Lipinski definition) is 2. The molecule has 1 aliphatic carbocycles. The van der Waals surface area contributed by atoms with Crippen molar-refractivity contribution in [3.63, 3.8) is 0 Å². The van der Waals surface area contributed by atoms with Gasteiger partial charge in [0.25, 0.3) is 0 Å². The molecule has 4 nitrogen and oxygen atoms in total. The fraction of sp³-hybridized carbons (Fsp3) is 0.833. The highest BCUT2D eigenvalue weighted by molar-refractivity contribution is 6.08. The Hall–Kier alpha value is -1.06. The van der Waals surface area contributed by atoms with Crippen LogP contribution in [-0.2, 0) is 0 Å². The Morgan fingerprint density at radius 3 is 2.81 bits per heavy atom. The van der Waals surface area contributed by atoms with Gasteiger partial charge in [-0.15, -0.1) is 0 Å². The molecule has 0 aromatic heterocycles. The standard InChI is InChI=1S/C12H21N3O/c1-8(2)7-15-11(16)14-10(13)12(15)5-4-9(3)6-12/h8-9H,4-7H2,1-3H3,(H2,13,14,16). The van der Waals surface area contributed by atoms with Crippen LogP contribution in [0.25, 0.3) is 0 Å². The van der Waals surface area contributed by atoms with E-state index in [2.05, 4.69) is 26.1 Å². The van der Waals surface area contributed by atoms with Crippen LogP contribution in [0.2, 0.25) is 0 Å². The maximum absolute atomic E-state index is 11.9. The lowest BCUT2D eigenvalue weighted by Gasteiger charge is -2.34. The normalized spacial score (nSPS) is 34.2. The monoisotopic (exact) mass is 223 g/mol. The zero-order valence-electron chi connectivity index (χ0n) is 10.3. The van der Waals surface area contributed by atoms with Crippen molar-refractivity contribution < 1.29 is 4.79 Å². The van der Waals surface area contributed by atoms with Gasteiger partial charge in [0.1, 0.15) is 11.4 Å². The first-order valence-electron chi connectivity index (χ1n) is 6.13. The maximum Gasteiger partial charge on any atom is 0.323 e. The molecule has 1 saturated heterocycles. The first-order valence-corrected chi connectivity index (χ1v) is 6.13. The zero-order chi connectivity index (χ0) is 11.9. The molecule has 2 unspecified atom stereocenters. The first kappa shape index (κ1) is 11.4. The van der Waals surface area contributed by atoms with Crippen LogP contribution < -0.4 is 5.32 Å². The summed E-state index contributed by atoms with van der Waals surface area (Å²) in [7, 11) is 0. The van der Waals surface area contributed by atoms with Gasteiger partial charge in [0.15, 0.2) is 0 Å². The van der Waals surface area contributed by atoms with Crippen LogP contribution in [0.5, 0.6) is 0 Å². The van der Waals surface area contributed by atoms with Gasteiger partial charge >= 0.3 is 6.03 Å². The molecule has 90 valence electrons. The van der Waals surface area contributed by atoms with Crippen LogP contribution in [0.1, 0.15) is 40.0 Å². The molecule has 1 spiro atoms. The topological polar surface area (TPSA) is 56.2 Å². The number of nitrogens with one attached hydrogen (secondary N) is 2. The molecule has 4 heteroatoms. The lowest BCUT2D eigenvalue weighted by Crippen LogP contribution is -2.48. The van der Waals surface area contributed by atoms with Crippen LogP contribution in [0.3, 0.4) is 0 Å². The highest BCUT2D eigenvalue weighted by Crippen LogP contribution is 2.42. The Labute approximate surface area is 96.9 Å². The van der Waals surface area contributed by atoms with E-state index in [9.17, 15) is 4.79 Å². The summed E-state index contributed by atoms with van der Waals surface area (Å²) in [5.74, 6) is 1.48. The Balaban J connectivity index is 2.26. The van der Waals surface area contributed by atoms with Crippen LogP contribution >= 0.6 is 0 Å². The number of amides is 2. The highest BCUT2D eigenvalue weighted by atomic mass is 16.2. The minimum atomic E-state index is -0.305. The number of hydrogen-bond donors (Lipinski definition) is 2. The van der Waals surface area contributed by atoms with Crippen LogP contribution in [0.15, 0.2) is 0 Å². The van der Waals surface area contributed by atoms with E-state index in [1.165, 1.54) is 0 Å². The first-order chi connectivity index (χ1) is 7.45. The van der Waals surface area contributed by atoms with Gasteiger partial charge in [0, 0.05) is 6.54 Å². The van der Waals surface area contributed by atoms with E-state index in [-0.39, 0.29) is 11.6 Å². The van der Waals surface area contributed by atoms with Crippen LogP contribution in [0, 0.1) is 17.2 Å². The van der Waals surface area contributed by atoms with Crippen LogP contribution in [-0.4, -0.2) is 28.9 Å². The number of amidine groups is 1. The summed E-state index contributed by atoms with van der Waals surface area (Å²) >= 11 is 0. The minimum Gasteiger partial charge on any atom is -0.311 e. The third-order valence-electron chi connectivity index (χ3n) is 3.74. The van der Waals surface area contributed by atoms with E-state index < -0.39 is 0 Å². The molecule has 16 heavy (non-hydrogen) atoms. The Kier molecular flexibility index (Phi) is 2.68. The molecule has 2 amide bonds. The second-order valence-electron chi connectivity index (χ2n) is 5.69. The second kappa shape index (κ2) is 3.75. The van der Waals surface area contributed by atoms with E-state index in [0.29, 0.717) is 17.7 Å². The van der Waals surface area contributed by atoms with Crippen LogP contribution in [0.4, 0.5) is 4.79 Å². The predicted molar refractivity (Wildman–Crippen MR) is 63.5 cm³/mol. The summed E-state index contributed by atoms with van der Waals surface area (Å²) in [6, 6.07) is -0.0761. The second-order valence-corrected chi connectivity index (χ2v) is 5.69. The van der Waals surface area contributed by atoms with Gasteiger partial charge in [-0.05, 0) is 31.1 Å². The molecule has 2 atom stereocenters. The predicted octanol–water partition coefficient (Wildman–Crippen LogP) is 2.20. The van der Waals surface area contributed by atoms with E-state index in [0.717, 1.165) is 25.8 Å². The molecule has 2 fully saturated rings. The summed E-state index contributed by atoms with van der Waals surface area (Å²) in [4.78, 5) is 13.8. The summed E-state index contributed by atoms with van der Waals surface area (Å²) in [5.41, 5.74) is -0.305.